The van der Waals surface area contributed by atoms with Crippen molar-refractivity contribution in [3.8, 4) is 6.07 Å². The molecular formula is C20H23FN4O. The number of rotatable bonds is 2. The lowest BCUT2D eigenvalue weighted by Gasteiger charge is -2.45. The third kappa shape index (κ3) is 2.89. The summed E-state index contributed by atoms with van der Waals surface area (Å²) < 4.78 is 13.4. The van der Waals surface area contributed by atoms with Crippen LogP contribution >= 0.6 is 0 Å². The monoisotopic (exact) mass is 354 g/mol. The van der Waals surface area contributed by atoms with Gasteiger partial charge in [-0.25, -0.2) is 9.40 Å². The van der Waals surface area contributed by atoms with Crippen LogP contribution in [0.2, 0.25) is 0 Å². The van der Waals surface area contributed by atoms with Crippen molar-refractivity contribution in [1.82, 2.24) is 10.0 Å². The summed E-state index contributed by atoms with van der Waals surface area (Å²) in [5.74, 6) is -0.593. The predicted octanol–water partition coefficient (Wildman–Crippen LogP) is 3.04. The number of carbonyl (C=O) groups excluding carboxylic acids is 1. The minimum atomic E-state index is -0.560. The summed E-state index contributed by atoms with van der Waals surface area (Å²) in [5, 5.41) is 13.3. The summed E-state index contributed by atoms with van der Waals surface area (Å²) in [5.41, 5.74) is 8.59. The maximum Gasteiger partial charge on any atom is 0.162 e. The Kier molecular flexibility index (Phi) is 4.37. The zero-order chi connectivity index (χ0) is 19.2. The Morgan fingerprint density at radius 2 is 1.88 bits per heavy atom. The summed E-state index contributed by atoms with van der Waals surface area (Å²) >= 11 is 0. The predicted molar refractivity (Wildman–Crippen MR) is 96.5 cm³/mol. The Balaban J connectivity index is 2.27. The number of hydrogen-bond donors (Lipinski definition) is 1. The number of allylic oxidation sites excluding steroid dienone is 3. The molecule has 0 aromatic heterocycles. The summed E-state index contributed by atoms with van der Waals surface area (Å²) in [6, 6.07) is 8.11. The number of nitrogens with zero attached hydrogens (tertiary/aromatic N) is 3. The van der Waals surface area contributed by atoms with Gasteiger partial charge in [0.1, 0.15) is 11.6 Å². The lowest BCUT2D eigenvalue weighted by Crippen LogP contribution is -2.47. The molecule has 0 spiro atoms. The fraction of sp³-hybridized carbons (Fsp3) is 0.400. The number of Topliss-reactive ketones (excluding diaryl/α,β-unsaturated/α-hetero) is 1. The molecule has 2 aliphatic rings. The van der Waals surface area contributed by atoms with Gasteiger partial charge in [-0.3, -0.25) is 9.80 Å². The van der Waals surface area contributed by atoms with Gasteiger partial charge in [0.25, 0.3) is 0 Å². The second-order valence-electron chi connectivity index (χ2n) is 7.86. The van der Waals surface area contributed by atoms with E-state index in [0.29, 0.717) is 35.4 Å². The van der Waals surface area contributed by atoms with E-state index < -0.39 is 5.92 Å². The molecule has 1 aliphatic heterocycles. The first-order chi connectivity index (χ1) is 12.2. The van der Waals surface area contributed by atoms with Crippen LogP contribution < -0.4 is 5.73 Å². The quantitative estimate of drug-likeness (QED) is 0.884. The zero-order valence-corrected chi connectivity index (χ0v) is 15.5. The molecular weight excluding hydrogens is 331 g/mol. The molecule has 3 rings (SSSR count). The first kappa shape index (κ1) is 18.2. The molecule has 6 heteroatoms. The third-order valence-electron chi connectivity index (χ3n) is 4.96. The Morgan fingerprint density at radius 1 is 1.27 bits per heavy atom. The number of ketones is 1. The smallest absolute Gasteiger partial charge is 0.162 e. The van der Waals surface area contributed by atoms with Gasteiger partial charge >= 0.3 is 0 Å². The maximum atomic E-state index is 13.4. The van der Waals surface area contributed by atoms with Gasteiger partial charge in [-0.15, -0.1) is 0 Å². The molecule has 136 valence electrons. The van der Waals surface area contributed by atoms with E-state index in [1.165, 1.54) is 12.1 Å². The van der Waals surface area contributed by atoms with Gasteiger partial charge in [0, 0.05) is 31.8 Å². The van der Waals surface area contributed by atoms with E-state index >= 15 is 0 Å². The highest BCUT2D eigenvalue weighted by atomic mass is 19.1. The molecule has 0 unspecified atom stereocenters. The lowest BCUT2D eigenvalue weighted by molar-refractivity contribution is -0.119. The van der Waals surface area contributed by atoms with Crippen molar-refractivity contribution < 1.29 is 9.18 Å². The van der Waals surface area contributed by atoms with Crippen LogP contribution in [0.5, 0.6) is 0 Å². The fourth-order valence-electron chi connectivity index (χ4n) is 3.94. The number of carbonyl (C=O) groups is 1. The van der Waals surface area contributed by atoms with Crippen molar-refractivity contribution >= 4 is 5.78 Å². The normalized spacial score (nSPS) is 22.6. The minimum Gasteiger partial charge on any atom is -0.383 e. The summed E-state index contributed by atoms with van der Waals surface area (Å²) in [4.78, 5) is 13.1. The van der Waals surface area contributed by atoms with Crippen molar-refractivity contribution in [2.24, 2.45) is 11.1 Å². The van der Waals surface area contributed by atoms with Gasteiger partial charge in [-0.05, 0) is 29.5 Å². The van der Waals surface area contributed by atoms with E-state index in [4.69, 9.17) is 5.73 Å². The van der Waals surface area contributed by atoms with E-state index in [9.17, 15) is 14.4 Å². The summed E-state index contributed by atoms with van der Waals surface area (Å²) in [6.07, 6.45) is 1.08. The topological polar surface area (TPSA) is 73.4 Å². The van der Waals surface area contributed by atoms with Crippen LogP contribution in [0.1, 0.15) is 38.2 Å². The molecule has 0 amide bonds. The van der Waals surface area contributed by atoms with Crippen LogP contribution in [0.15, 0.2) is 46.9 Å². The molecule has 0 radical (unpaired) electrons. The molecule has 1 atom stereocenters. The Labute approximate surface area is 153 Å². The van der Waals surface area contributed by atoms with Gasteiger partial charge in [-0.1, -0.05) is 26.0 Å². The van der Waals surface area contributed by atoms with Crippen molar-refractivity contribution in [2.45, 2.75) is 32.6 Å². The summed E-state index contributed by atoms with van der Waals surface area (Å²) in [6.45, 7) is 4.10. The molecule has 0 fully saturated rings. The van der Waals surface area contributed by atoms with Crippen molar-refractivity contribution in [1.29, 1.82) is 5.26 Å². The minimum absolute atomic E-state index is 0.0117. The largest absolute Gasteiger partial charge is 0.383 e. The summed E-state index contributed by atoms with van der Waals surface area (Å²) in [7, 11) is 3.66. The number of hydrazine groups is 1. The van der Waals surface area contributed by atoms with Crippen LogP contribution in [-0.4, -0.2) is 29.9 Å². The van der Waals surface area contributed by atoms with E-state index in [1.807, 2.05) is 14.1 Å². The molecule has 0 bridgehead atoms. The lowest BCUT2D eigenvalue weighted by atomic mass is 9.69. The number of nitrogens with two attached hydrogens (primary N) is 1. The number of halogens is 1. The Hall–Kier alpha value is -2.65. The van der Waals surface area contributed by atoms with Gasteiger partial charge in [0.05, 0.1) is 17.6 Å². The van der Waals surface area contributed by atoms with Crippen LogP contribution in [0.4, 0.5) is 4.39 Å². The van der Waals surface area contributed by atoms with Crippen LogP contribution in [0, 0.1) is 22.6 Å². The molecule has 1 heterocycles. The SMILES string of the molecule is CN(C)N1C(N)=C(C#N)[C@@H](c2ccc(F)cc2)C2=C1CC(C)(C)CC2=O. The molecule has 1 aliphatic carbocycles. The van der Waals surface area contributed by atoms with Gasteiger partial charge in [0.15, 0.2) is 5.78 Å². The first-order valence-corrected chi connectivity index (χ1v) is 8.55. The third-order valence-corrected chi connectivity index (χ3v) is 4.96. The van der Waals surface area contributed by atoms with Crippen LogP contribution in [0.3, 0.4) is 0 Å². The highest BCUT2D eigenvalue weighted by Gasteiger charge is 2.44. The molecule has 5 nitrogen and oxygen atoms in total. The Bertz CT molecular complexity index is 859. The van der Waals surface area contributed by atoms with Crippen molar-refractivity contribution in [2.75, 3.05) is 14.1 Å². The number of hydrogen-bond acceptors (Lipinski definition) is 5. The molecule has 0 saturated carbocycles. The Morgan fingerprint density at radius 3 is 2.42 bits per heavy atom. The molecule has 1 aromatic rings. The standard InChI is InChI=1S/C20H23FN4O/c1-20(2)9-15-18(16(26)10-20)17(12-5-7-13(21)8-6-12)14(11-22)19(23)25(15)24(3)4/h5-8,17H,9-10,23H2,1-4H3/t17-/m1/s1. The molecule has 26 heavy (non-hydrogen) atoms. The van der Waals surface area contributed by atoms with Gasteiger partial charge < -0.3 is 5.73 Å². The number of nitriles is 1. The maximum absolute atomic E-state index is 13.4. The van der Waals surface area contributed by atoms with E-state index in [0.717, 1.165) is 5.70 Å². The molecule has 0 saturated heterocycles. The average molecular weight is 354 g/mol. The van der Waals surface area contributed by atoms with E-state index in [-0.39, 0.29) is 17.0 Å². The van der Waals surface area contributed by atoms with Crippen LogP contribution in [-0.2, 0) is 4.79 Å². The second kappa shape index (κ2) is 6.26. The number of benzene rings is 1. The first-order valence-electron chi connectivity index (χ1n) is 8.55. The zero-order valence-electron chi connectivity index (χ0n) is 15.5. The molecule has 2 N–H and O–H groups in total. The van der Waals surface area contributed by atoms with Gasteiger partial charge in [0.2, 0.25) is 0 Å². The van der Waals surface area contributed by atoms with Crippen LogP contribution in [0.25, 0.3) is 0 Å². The van der Waals surface area contributed by atoms with E-state index in [1.54, 1.807) is 22.2 Å². The highest BCUT2D eigenvalue weighted by molar-refractivity contribution is 6.00. The van der Waals surface area contributed by atoms with E-state index in [2.05, 4.69) is 19.9 Å². The highest BCUT2D eigenvalue weighted by Crippen LogP contribution is 2.49. The average Bonchev–Trinajstić information content (AvgIpc) is 2.53. The molecule has 1 aromatic carbocycles. The fourth-order valence-corrected chi connectivity index (χ4v) is 3.94. The second-order valence-corrected chi connectivity index (χ2v) is 7.86. The van der Waals surface area contributed by atoms with Gasteiger partial charge in [-0.2, -0.15) is 5.26 Å². The van der Waals surface area contributed by atoms with Crippen molar-refractivity contribution in [3.05, 3.63) is 58.3 Å². The van der Waals surface area contributed by atoms with Crippen molar-refractivity contribution in [3.63, 3.8) is 0 Å².